The second-order valence-corrected chi connectivity index (χ2v) is 7.26. The maximum atomic E-state index is 14.6. The minimum absolute atomic E-state index is 0.178. The quantitative estimate of drug-likeness (QED) is 0.571. The van der Waals surface area contributed by atoms with Gasteiger partial charge in [0.05, 0.1) is 12.4 Å². The van der Waals surface area contributed by atoms with Crippen LogP contribution in [0.1, 0.15) is 22.5 Å². The monoisotopic (exact) mass is 513 g/mol. The van der Waals surface area contributed by atoms with Crippen LogP contribution in [0.5, 0.6) is 5.88 Å². The van der Waals surface area contributed by atoms with Gasteiger partial charge in [-0.15, -0.1) is 0 Å². The molecule has 0 fully saturated rings. The Morgan fingerprint density at radius 2 is 1.91 bits per heavy atom. The van der Waals surface area contributed by atoms with Crippen molar-refractivity contribution in [2.24, 2.45) is 10.7 Å². The van der Waals surface area contributed by atoms with E-state index in [1.165, 1.54) is 0 Å². The topological polar surface area (TPSA) is 112 Å². The molecule has 8 nitrogen and oxygen atoms in total. The molecule has 1 amide bonds. The normalized spacial score (nSPS) is 20.6. The van der Waals surface area contributed by atoms with Crippen LogP contribution in [-0.4, -0.2) is 53.6 Å². The van der Waals surface area contributed by atoms with E-state index in [1.807, 2.05) is 0 Å². The molecule has 1 aromatic heterocycles. The minimum Gasteiger partial charge on any atom is -0.467 e. The van der Waals surface area contributed by atoms with Gasteiger partial charge in [0.2, 0.25) is 5.88 Å². The van der Waals surface area contributed by atoms with Crippen LogP contribution < -0.4 is 15.8 Å². The van der Waals surface area contributed by atoms with Gasteiger partial charge in [-0.25, -0.2) is 23.7 Å². The number of aromatic nitrogens is 2. The summed E-state index contributed by atoms with van der Waals surface area (Å²) in [5, 5.41) is 2.25. The van der Waals surface area contributed by atoms with Gasteiger partial charge in [0.25, 0.3) is 11.9 Å². The summed E-state index contributed by atoms with van der Waals surface area (Å²) in [6.07, 6.45) is -11.7. The molecular formula is C19H15F8N5O3. The molecule has 3 N–H and O–H groups in total. The van der Waals surface area contributed by atoms with Crippen LogP contribution in [0, 0.1) is 5.82 Å². The number of carbonyl (C=O) groups is 1. The zero-order valence-electron chi connectivity index (χ0n) is 17.3. The Hall–Kier alpha value is -3.72. The van der Waals surface area contributed by atoms with Gasteiger partial charge in [0, 0.05) is 17.7 Å². The Balaban J connectivity index is 1.83. The van der Waals surface area contributed by atoms with Crippen LogP contribution in [0.15, 0.2) is 35.6 Å². The number of amidine groups is 1. The molecule has 35 heavy (non-hydrogen) atoms. The summed E-state index contributed by atoms with van der Waals surface area (Å²) in [5.41, 5.74) is 1.72. The third-order valence-corrected chi connectivity index (χ3v) is 4.67. The van der Waals surface area contributed by atoms with E-state index in [-0.39, 0.29) is 11.4 Å². The first kappa shape index (κ1) is 25.9. The highest BCUT2D eigenvalue weighted by Gasteiger charge is 2.52. The van der Waals surface area contributed by atoms with Crippen molar-refractivity contribution in [2.75, 3.05) is 18.6 Å². The fourth-order valence-corrected chi connectivity index (χ4v) is 3.10. The van der Waals surface area contributed by atoms with Crippen LogP contribution in [0.3, 0.4) is 0 Å². The lowest BCUT2D eigenvalue weighted by molar-refractivity contribution is -0.209. The Morgan fingerprint density at radius 1 is 1.20 bits per heavy atom. The molecule has 2 heterocycles. The number of aliphatic imine (C=N–C) groups is 1. The summed E-state index contributed by atoms with van der Waals surface area (Å²) >= 11 is 0. The van der Waals surface area contributed by atoms with Crippen LogP contribution in [0.4, 0.5) is 40.8 Å². The van der Waals surface area contributed by atoms with Gasteiger partial charge >= 0.3 is 12.4 Å². The van der Waals surface area contributed by atoms with E-state index in [0.717, 1.165) is 30.6 Å². The number of nitrogens with one attached hydrogen (secondary N) is 1. The number of anilines is 1. The SMILES string of the molecule is NC1=N[C@](CF)(c2cc(NC(=O)c3cnc(OCC(F)(F)F)cn3)ccc2F)C[C@@H](C(F)(F)F)O1. The van der Waals surface area contributed by atoms with Gasteiger partial charge in [-0.2, -0.15) is 26.3 Å². The summed E-state index contributed by atoms with van der Waals surface area (Å²) in [6.45, 7) is -3.20. The van der Waals surface area contributed by atoms with E-state index in [2.05, 4.69) is 29.8 Å². The Morgan fingerprint density at radius 3 is 2.49 bits per heavy atom. The van der Waals surface area contributed by atoms with Crippen molar-refractivity contribution in [3.05, 3.63) is 47.7 Å². The molecule has 16 heteroatoms. The number of carbonyl (C=O) groups excluding carboxylic acids is 1. The lowest BCUT2D eigenvalue weighted by atomic mass is 9.84. The zero-order valence-corrected chi connectivity index (χ0v) is 17.3. The third kappa shape index (κ3) is 6.24. The smallest absolute Gasteiger partial charge is 0.425 e. The highest BCUT2D eigenvalue weighted by molar-refractivity contribution is 6.02. The Kier molecular flexibility index (Phi) is 7.03. The predicted octanol–water partition coefficient (Wildman–Crippen LogP) is 3.64. The summed E-state index contributed by atoms with van der Waals surface area (Å²) in [5.74, 6) is -2.59. The van der Waals surface area contributed by atoms with Gasteiger partial charge in [0.15, 0.2) is 12.7 Å². The number of hydrogen-bond acceptors (Lipinski definition) is 7. The van der Waals surface area contributed by atoms with E-state index >= 15 is 0 Å². The number of nitrogens with two attached hydrogens (primary N) is 1. The fourth-order valence-electron chi connectivity index (χ4n) is 3.10. The summed E-state index contributed by atoms with van der Waals surface area (Å²) in [6, 6.07) is 1.68. The first-order valence-electron chi connectivity index (χ1n) is 9.50. The van der Waals surface area contributed by atoms with Gasteiger partial charge in [-0.3, -0.25) is 4.79 Å². The van der Waals surface area contributed by atoms with Gasteiger partial charge < -0.3 is 20.5 Å². The first-order chi connectivity index (χ1) is 16.2. The molecule has 0 unspecified atom stereocenters. The van der Waals surface area contributed by atoms with Crippen molar-refractivity contribution >= 4 is 17.6 Å². The van der Waals surface area contributed by atoms with Crippen molar-refractivity contribution in [1.29, 1.82) is 0 Å². The molecule has 0 saturated heterocycles. The van der Waals surface area contributed by atoms with Gasteiger partial charge in [-0.05, 0) is 18.2 Å². The first-order valence-corrected chi connectivity index (χ1v) is 9.50. The summed E-state index contributed by atoms with van der Waals surface area (Å²) in [4.78, 5) is 23.1. The molecule has 3 rings (SSSR count). The van der Waals surface area contributed by atoms with Crippen molar-refractivity contribution < 1.29 is 49.4 Å². The zero-order chi connectivity index (χ0) is 26.0. The van der Waals surface area contributed by atoms with E-state index in [4.69, 9.17) is 5.73 Å². The molecule has 190 valence electrons. The van der Waals surface area contributed by atoms with Crippen molar-refractivity contribution in [3.63, 3.8) is 0 Å². The Bertz CT molecular complexity index is 1110. The predicted molar refractivity (Wildman–Crippen MR) is 103 cm³/mol. The molecule has 1 aliphatic rings. The Labute approximate surface area is 191 Å². The second kappa shape index (κ2) is 9.50. The van der Waals surface area contributed by atoms with Gasteiger partial charge in [0.1, 0.15) is 23.7 Å². The number of ether oxygens (including phenoxy) is 2. The standard InChI is InChI=1S/C19H15F8N5O3/c20-7-17(4-13(19(25,26)27)35-16(28)32-17)10-3-9(1-2-11(10)21)31-15(33)12-5-30-14(6-29-12)34-8-18(22,23)24/h1-3,5-6,13H,4,7-8H2,(H2,28,32)(H,31,33)/t13-,17+/m0/s1. The molecule has 0 radical (unpaired) electrons. The molecular weight excluding hydrogens is 498 g/mol. The average Bonchev–Trinajstić information content (AvgIpc) is 2.77. The molecule has 2 atom stereocenters. The number of rotatable bonds is 6. The molecule has 0 bridgehead atoms. The number of alkyl halides is 7. The number of hydrogen-bond donors (Lipinski definition) is 2. The largest absolute Gasteiger partial charge is 0.467 e. The number of nitrogens with zero attached hydrogens (tertiary/aromatic N) is 3. The number of halogens is 8. The molecule has 1 aliphatic heterocycles. The molecule has 2 aromatic rings. The second-order valence-electron chi connectivity index (χ2n) is 7.26. The lowest BCUT2D eigenvalue weighted by Gasteiger charge is -2.36. The third-order valence-electron chi connectivity index (χ3n) is 4.67. The number of amides is 1. The summed E-state index contributed by atoms with van der Waals surface area (Å²) < 4.78 is 114. The molecule has 0 saturated carbocycles. The minimum atomic E-state index is -4.95. The molecule has 0 spiro atoms. The van der Waals surface area contributed by atoms with Crippen molar-refractivity contribution in [3.8, 4) is 5.88 Å². The van der Waals surface area contributed by atoms with E-state index < -0.39 is 72.9 Å². The van der Waals surface area contributed by atoms with Crippen LogP contribution in [-0.2, 0) is 10.3 Å². The average molecular weight is 513 g/mol. The highest BCUT2D eigenvalue weighted by atomic mass is 19.4. The molecule has 0 aliphatic carbocycles. The van der Waals surface area contributed by atoms with E-state index in [1.54, 1.807) is 0 Å². The van der Waals surface area contributed by atoms with Crippen molar-refractivity contribution in [2.45, 2.75) is 30.4 Å². The van der Waals surface area contributed by atoms with E-state index in [9.17, 15) is 39.9 Å². The highest BCUT2D eigenvalue weighted by Crippen LogP contribution is 2.42. The molecule has 1 aromatic carbocycles. The maximum Gasteiger partial charge on any atom is 0.425 e. The van der Waals surface area contributed by atoms with Crippen LogP contribution in [0.25, 0.3) is 0 Å². The van der Waals surface area contributed by atoms with E-state index in [0.29, 0.717) is 0 Å². The summed E-state index contributed by atoms with van der Waals surface area (Å²) in [7, 11) is 0. The maximum absolute atomic E-state index is 14.6. The lowest BCUT2D eigenvalue weighted by Crippen LogP contribution is -2.48. The fraction of sp³-hybridized carbons (Fsp3) is 0.368. The van der Waals surface area contributed by atoms with Crippen LogP contribution >= 0.6 is 0 Å². The van der Waals surface area contributed by atoms with Crippen molar-refractivity contribution in [1.82, 2.24) is 9.97 Å². The van der Waals surface area contributed by atoms with Crippen LogP contribution in [0.2, 0.25) is 0 Å². The van der Waals surface area contributed by atoms with Gasteiger partial charge in [-0.1, -0.05) is 0 Å². The number of benzene rings is 1.